The Hall–Kier alpha value is -1.18. The van der Waals surface area contributed by atoms with Crippen molar-refractivity contribution in [3.8, 4) is 20.2 Å². The molecule has 0 N–H and O–H groups in total. The minimum absolute atomic E-state index is 0. The number of carbonyl (C=O) groups is 1. The van der Waals surface area contributed by atoms with E-state index in [-0.39, 0.29) is 7.43 Å². The van der Waals surface area contributed by atoms with Crippen LogP contribution in [0.25, 0.3) is 25.1 Å². The molecule has 0 radical (unpaired) electrons. The van der Waals surface area contributed by atoms with Gasteiger partial charge in [-0.1, -0.05) is 46.6 Å². The van der Waals surface area contributed by atoms with Crippen molar-refractivity contribution >= 4 is 57.0 Å². The van der Waals surface area contributed by atoms with Crippen molar-refractivity contribution in [1.82, 2.24) is 0 Å². The Morgan fingerprint density at radius 1 is 1.06 bits per heavy atom. The molecule has 6 heteroatoms. The fraction of sp³-hybridized carbons (Fsp3) is 0.444. The van der Waals surface area contributed by atoms with Gasteiger partial charge in [0.2, 0.25) is 0 Å². The van der Waals surface area contributed by atoms with Gasteiger partial charge in [0.25, 0.3) is 0 Å². The number of ether oxygens (including phenoxy) is 1. The number of aryl methyl sites for hydroxylation is 1. The number of unbranched alkanes of at least 4 members (excludes halogenated alkanes) is 3. The molecule has 0 aliphatic carbocycles. The molecule has 1 aliphatic rings. The quantitative estimate of drug-likeness (QED) is 0.187. The Morgan fingerprint density at radius 2 is 1.91 bits per heavy atom. The zero-order valence-corrected chi connectivity index (χ0v) is 22.2. The van der Waals surface area contributed by atoms with Gasteiger partial charge in [-0.15, -0.1) is 45.8 Å². The minimum Gasteiger partial charge on any atom is -0.379 e. The minimum atomic E-state index is 0. The summed E-state index contributed by atoms with van der Waals surface area (Å²) in [5.41, 5.74) is 2.71. The van der Waals surface area contributed by atoms with Gasteiger partial charge in [0.15, 0.2) is 6.29 Å². The fourth-order valence-electron chi connectivity index (χ4n) is 3.97. The molecular weight excluding hydrogens is 485 g/mol. The van der Waals surface area contributed by atoms with Crippen LogP contribution in [0.1, 0.15) is 71.9 Å². The smallest absolute Gasteiger partial charge is 0.160 e. The first-order chi connectivity index (χ1) is 15.6. The summed E-state index contributed by atoms with van der Waals surface area (Å²) in [6, 6.07) is 8.76. The highest BCUT2D eigenvalue weighted by atomic mass is 32.2. The number of methoxy groups -OCH3 is 1. The van der Waals surface area contributed by atoms with Gasteiger partial charge in [-0.2, -0.15) is 0 Å². The van der Waals surface area contributed by atoms with Crippen molar-refractivity contribution in [3.05, 3.63) is 50.5 Å². The van der Waals surface area contributed by atoms with Crippen LogP contribution in [0.2, 0.25) is 0 Å². The molecule has 3 aromatic heterocycles. The van der Waals surface area contributed by atoms with E-state index in [1.54, 1.807) is 18.4 Å². The van der Waals surface area contributed by atoms with E-state index >= 15 is 0 Å². The Kier molecular flexibility index (Phi) is 10.0. The SMILES string of the molecule is C.CCCCCCc1cc(COC)sc1-c1sc(C2=CC(C)CS2)cc1-c1ccc(C=O)s1. The summed E-state index contributed by atoms with van der Waals surface area (Å²) in [5, 5.41) is 0. The van der Waals surface area contributed by atoms with Gasteiger partial charge in [0.1, 0.15) is 0 Å². The maximum absolute atomic E-state index is 11.3. The molecule has 33 heavy (non-hydrogen) atoms. The Bertz CT molecular complexity index is 1090. The summed E-state index contributed by atoms with van der Waals surface area (Å²) in [5.74, 6) is 1.78. The van der Waals surface area contributed by atoms with E-state index in [2.05, 4.69) is 38.1 Å². The van der Waals surface area contributed by atoms with E-state index in [0.717, 1.165) is 23.3 Å². The van der Waals surface area contributed by atoms with Crippen molar-refractivity contribution in [2.45, 2.75) is 60.0 Å². The first-order valence-electron chi connectivity index (χ1n) is 11.3. The van der Waals surface area contributed by atoms with E-state index in [1.807, 2.05) is 40.5 Å². The van der Waals surface area contributed by atoms with Crippen LogP contribution in [0, 0.1) is 5.92 Å². The third-order valence-corrected chi connectivity index (χ3v) is 10.6. The monoisotopic (exact) mass is 518 g/mol. The predicted molar refractivity (Wildman–Crippen MR) is 151 cm³/mol. The molecule has 0 amide bonds. The van der Waals surface area contributed by atoms with Crippen molar-refractivity contribution in [2.75, 3.05) is 12.9 Å². The molecule has 0 spiro atoms. The molecule has 0 saturated carbocycles. The molecule has 0 aromatic carbocycles. The third kappa shape index (κ3) is 6.29. The Morgan fingerprint density at radius 3 is 2.58 bits per heavy atom. The third-order valence-electron chi connectivity index (χ3n) is 5.57. The van der Waals surface area contributed by atoms with Gasteiger partial charge in [0, 0.05) is 42.8 Å². The first kappa shape index (κ1) is 26.4. The second-order valence-electron chi connectivity index (χ2n) is 8.30. The van der Waals surface area contributed by atoms with Gasteiger partial charge >= 0.3 is 0 Å². The summed E-state index contributed by atoms with van der Waals surface area (Å²) >= 11 is 7.34. The Labute approximate surface area is 215 Å². The topological polar surface area (TPSA) is 26.3 Å². The van der Waals surface area contributed by atoms with Crippen molar-refractivity contribution in [2.24, 2.45) is 5.92 Å². The summed E-state index contributed by atoms with van der Waals surface area (Å²) in [6.45, 7) is 5.21. The highest BCUT2D eigenvalue weighted by Gasteiger charge is 2.23. The van der Waals surface area contributed by atoms with Gasteiger partial charge in [-0.25, -0.2) is 0 Å². The molecular formula is C27H34O2S4. The zero-order valence-electron chi connectivity index (χ0n) is 18.9. The molecule has 1 unspecified atom stereocenters. The first-order valence-corrected chi connectivity index (χ1v) is 14.7. The number of thiophene rings is 3. The second kappa shape index (κ2) is 12.5. The van der Waals surface area contributed by atoms with Crippen LogP contribution in [0.3, 0.4) is 0 Å². The van der Waals surface area contributed by atoms with Crippen molar-refractivity contribution in [3.63, 3.8) is 0 Å². The summed E-state index contributed by atoms with van der Waals surface area (Å²) < 4.78 is 5.47. The summed E-state index contributed by atoms with van der Waals surface area (Å²) in [6.07, 6.45) is 9.54. The normalized spacial score (nSPS) is 15.5. The number of carbonyl (C=O) groups excluding carboxylic acids is 1. The molecule has 1 aliphatic heterocycles. The zero-order chi connectivity index (χ0) is 22.5. The molecule has 3 aromatic rings. The number of rotatable bonds is 11. The maximum Gasteiger partial charge on any atom is 0.160 e. The number of aldehydes is 1. The largest absolute Gasteiger partial charge is 0.379 e. The van der Waals surface area contributed by atoms with Crippen LogP contribution in [-0.4, -0.2) is 19.1 Å². The number of allylic oxidation sites excluding steroid dienone is 1. The van der Waals surface area contributed by atoms with Crippen LogP contribution in [0.4, 0.5) is 0 Å². The Balaban J connectivity index is 0.00000306. The second-order valence-corrected chi connectivity index (χ2v) is 12.7. The van der Waals surface area contributed by atoms with Crippen molar-refractivity contribution < 1.29 is 9.53 Å². The van der Waals surface area contributed by atoms with Crippen LogP contribution in [-0.2, 0) is 17.8 Å². The van der Waals surface area contributed by atoms with Crippen LogP contribution < -0.4 is 0 Å². The lowest BCUT2D eigenvalue weighted by Crippen LogP contribution is -1.86. The lowest BCUT2D eigenvalue weighted by Gasteiger charge is -2.05. The molecule has 178 valence electrons. The van der Waals surface area contributed by atoms with E-state index in [4.69, 9.17) is 4.74 Å². The molecule has 0 saturated heterocycles. The highest BCUT2D eigenvalue weighted by molar-refractivity contribution is 8.08. The maximum atomic E-state index is 11.3. The molecule has 2 nitrogen and oxygen atoms in total. The average Bonchev–Trinajstić information content (AvgIpc) is 3.56. The lowest BCUT2D eigenvalue weighted by atomic mass is 10.0. The standard InChI is InChI=1S/C26H30O2S4.CH4/c1-4-5-6-7-8-18-12-20(15-28-3)31-25(18)26-21(22-10-9-19(14-27)30-22)13-24(32-26)23-11-17(2)16-29-23;/h9-14,17H,4-8,15-16H2,1-3H3;1H4. The van der Waals surface area contributed by atoms with E-state index < -0.39 is 0 Å². The van der Waals surface area contributed by atoms with E-state index in [9.17, 15) is 4.79 Å². The summed E-state index contributed by atoms with van der Waals surface area (Å²) in [4.78, 5) is 20.1. The van der Waals surface area contributed by atoms with Gasteiger partial charge in [0.05, 0.1) is 16.4 Å². The predicted octanol–water partition coefficient (Wildman–Crippen LogP) is 9.65. The van der Waals surface area contributed by atoms with Crippen molar-refractivity contribution in [1.29, 1.82) is 0 Å². The molecule has 1 atom stereocenters. The highest BCUT2D eigenvalue weighted by Crippen LogP contribution is 2.50. The molecule has 0 fully saturated rings. The number of hydrogen-bond acceptors (Lipinski definition) is 6. The average molecular weight is 519 g/mol. The molecule has 4 heterocycles. The molecule has 4 rings (SSSR count). The van der Waals surface area contributed by atoms with Gasteiger partial charge in [-0.05, 0) is 48.6 Å². The molecule has 0 bridgehead atoms. The fourth-order valence-corrected chi connectivity index (χ4v) is 8.71. The lowest BCUT2D eigenvalue weighted by molar-refractivity contribution is 0.112. The van der Waals surface area contributed by atoms with Crippen LogP contribution in [0.15, 0.2) is 30.3 Å². The van der Waals surface area contributed by atoms with Gasteiger partial charge < -0.3 is 4.74 Å². The van der Waals surface area contributed by atoms with Gasteiger partial charge in [-0.3, -0.25) is 4.79 Å². The van der Waals surface area contributed by atoms with Crippen LogP contribution >= 0.6 is 45.8 Å². The van der Waals surface area contributed by atoms with Crippen LogP contribution in [0.5, 0.6) is 0 Å². The number of thioether (sulfide) groups is 1. The number of hydrogen-bond donors (Lipinski definition) is 0. The van der Waals surface area contributed by atoms with E-state index in [0.29, 0.717) is 12.5 Å². The van der Waals surface area contributed by atoms with E-state index in [1.165, 1.54) is 66.1 Å². The summed E-state index contributed by atoms with van der Waals surface area (Å²) in [7, 11) is 1.77.